The molecule has 174 valence electrons. The van der Waals surface area contributed by atoms with Crippen molar-refractivity contribution in [3.05, 3.63) is 112 Å². The van der Waals surface area contributed by atoms with E-state index < -0.39 is 0 Å². The van der Waals surface area contributed by atoms with Gasteiger partial charge in [-0.3, -0.25) is 0 Å². The smallest absolute Gasteiger partial charge is 0.123 e. The van der Waals surface area contributed by atoms with Crippen molar-refractivity contribution < 1.29 is 5.11 Å². The van der Waals surface area contributed by atoms with Crippen LogP contribution < -0.4 is 0 Å². The second kappa shape index (κ2) is 10.5. The third-order valence-corrected chi connectivity index (χ3v) is 7.57. The summed E-state index contributed by atoms with van der Waals surface area (Å²) in [4.78, 5) is 0. The van der Waals surface area contributed by atoms with Gasteiger partial charge < -0.3 is 5.11 Å². The van der Waals surface area contributed by atoms with Crippen molar-refractivity contribution >= 4 is 12.2 Å². The van der Waals surface area contributed by atoms with Crippen LogP contribution in [-0.4, -0.2) is 5.11 Å². The first kappa shape index (κ1) is 22.7. The zero-order valence-electron chi connectivity index (χ0n) is 20.3. The van der Waals surface area contributed by atoms with E-state index in [1.165, 1.54) is 72.8 Å². The summed E-state index contributed by atoms with van der Waals surface area (Å²) in [6.45, 7) is 2.27. The van der Waals surface area contributed by atoms with Gasteiger partial charge in [0, 0.05) is 23.0 Å². The molecule has 1 heteroatoms. The molecule has 0 radical (unpaired) electrons. The van der Waals surface area contributed by atoms with E-state index in [0.717, 1.165) is 17.5 Å². The predicted octanol–water partition coefficient (Wildman–Crippen LogP) is 9.00. The Morgan fingerprint density at radius 1 is 0.618 bits per heavy atom. The maximum absolute atomic E-state index is 11.6. The highest BCUT2D eigenvalue weighted by atomic mass is 16.3. The Labute approximate surface area is 204 Å². The van der Waals surface area contributed by atoms with Crippen LogP contribution in [0.5, 0.6) is 5.75 Å². The van der Waals surface area contributed by atoms with Crippen LogP contribution in [0, 0.1) is 0 Å². The number of benzene rings is 3. The summed E-state index contributed by atoms with van der Waals surface area (Å²) in [5, 5.41) is 11.6. The zero-order valence-corrected chi connectivity index (χ0v) is 20.3. The predicted molar refractivity (Wildman–Crippen MR) is 144 cm³/mol. The third kappa shape index (κ3) is 4.62. The first-order valence-corrected chi connectivity index (χ1v) is 13.2. The number of aryl methyl sites for hydroxylation is 1. The van der Waals surface area contributed by atoms with Gasteiger partial charge in [-0.25, -0.2) is 0 Å². The molecule has 2 aliphatic rings. The summed E-state index contributed by atoms with van der Waals surface area (Å²) in [6, 6.07) is 21.7. The standard InChI is InChI=1S/C33H36O/c1-2-3-4-5-6-7-8-13-24-22-31(29-20-18-25-14-9-11-16-27(25)29)33(34)32(23-24)30-21-19-26-15-10-12-17-28(26)30/h9-12,14-23,29-30,34H,2-8,13H2,1H3. The molecule has 1 nitrogen and oxygen atoms in total. The molecular formula is C33H36O. The minimum atomic E-state index is 0.115. The van der Waals surface area contributed by atoms with Crippen molar-refractivity contribution in [2.24, 2.45) is 0 Å². The van der Waals surface area contributed by atoms with Gasteiger partial charge in [-0.15, -0.1) is 0 Å². The van der Waals surface area contributed by atoms with E-state index in [0.29, 0.717) is 5.75 Å². The monoisotopic (exact) mass is 448 g/mol. The highest BCUT2D eigenvalue weighted by Crippen LogP contribution is 2.46. The summed E-state index contributed by atoms with van der Waals surface area (Å²) in [5.74, 6) is 0.690. The molecule has 0 spiro atoms. The van der Waals surface area contributed by atoms with Gasteiger partial charge >= 0.3 is 0 Å². The summed E-state index contributed by atoms with van der Waals surface area (Å²) in [6.07, 6.45) is 19.2. The van der Waals surface area contributed by atoms with Crippen LogP contribution in [0.15, 0.2) is 72.8 Å². The molecule has 2 unspecified atom stereocenters. The molecule has 2 aliphatic carbocycles. The molecule has 0 aliphatic heterocycles. The lowest BCUT2D eigenvalue weighted by atomic mass is 9.84. The molecule has 0 bridgehead atoms. The van der Waals surface area contributed by atoms with Gasteiger partial charge in [0.2, 0.25) is 0 Å². The van der Waals surface area contributed by atoms with Crippen LogP contribution in [0.25, 0.3) is 12.2 Å². The van der Waals surface area contributed by atoms with Gasteiger partial charge in [-0.05, 0) is 40.7 Å². The summed E-state index contributed by atoms with van der Waals surface area (Å²) >= 11 is 0. The molecule has 0 saturated carbocycles. The topological polar surface area (TPSA) is 20.2 Å². The van der Waals surface area contributed by atoms with Crippen LogP contribution >= 0.6 is 0 Å². The lowest BCUT2D eigenvalue weighted by Crippen LogP contribution is -2.04. The Balaban J connectivity index is 1.44. The zero-order chi connectivity index (χ0) is 23.3. The summed E-state index contributed by atoms with van der Waals surface area (Å²) in [5.41, 5.74) is 8.56. The molecule has 0 heterocycles. The molecule has 3 aromatic rings. The van der Waals surface area contributed by atoms with Crippen LogP contribution in [0.3, 0.4) is 0 Å². The number of fused-ring (bicyclic) bond motifs is 2. The van der Waals surface area contributed by atoms with E-state index in [2.05, 4.69) is 91.9 Å². The number of phenolic OH excluding ortho intramolecular Hbond substituents is 1. The number of aromatic hydroxyl groups is 1. The number of unbranched alkanes of at least 4 members (excludes halogenated alkanes) is 6. The van der Waals surface area contributed by atoms with Gasteiger partial charge in [0.1, 0.15) is 5.75 Å². The Hall–Kier alpha value is -3.06. The van der Waals surface area contributed by atoms with Gasteiger partial charge in [-0.2, -0.15) is 0 Å². The van der Waals surface area contributed by atoms with Crippen molar-refractivity contribution in [2.75, 3.05) is 0 Å². The Kier molecular flexibility index (Phi) is 7.00. The molecular weight excluding hydrogens is 412 g/mol. The minimum absolute atomic E-state index is 0.115. The van der Waals surface area contributed by atoms with Crippen LogP contribution in [-0.2, 0) is 6.42 Å². The Morgan fingerprint density at radius 2 is 1.12 bits per heavy atom. The van der Waals surface area contributed by atoms with Crippen LogP contribution in [0.1, 0.15) is 103 Å². The largest absolute Gasteiger partial charge is 0.507 e. The summed E-state index contributed by atoms with van der Waals surface area (Å²) in [7, 11) is 0. The number of hydrogen-bond acceptors (Lipinski definition) is 1. The maximum atomic E-state index is 11.6. The second-order valence-electron chi connectivity index (χ2n) is 9.93. The van der Waals surface area contributed by atoms with Gasteiger partial charge in [0.15, 0.2) is 0 Å². The van der Waals surface area contributed by atoms with Crippen molar-refractivity contribution in [2.45, 2.75) is 70.1 Å². The molecule has 34 heavy (non-hydrogen) atoms. The molecule has 0 amide bonds. The number of hydrogen-bond donors (Lipinski definition) is 1. The lowest BCUT2D eigenvalue weighted by molar-refractivity contribution is 0.459. The number of rotatable bonds is 10. The van der Waals surface area contributed by atoms with E-state index in [-0.39, 0.29) is 11.8 Å². The fourth-order valence-corrected chi connectivity index (χ4v) is 5.69. The minimum Gasteiger partial charge on any atom is -0.507 e. The van der Waals surface area contributed by atoms with Crippen molar-refractivity contribution in [1.29, 1.82) is 0 Å². The molecule has 5 rings (SSSR count). The molecule has 3 aromatic carbocycles. The van der Waals surface area contributed by atoms with Crippen molar-refractivity contribution in [1.82, 2.24) is 0 Å². The average molecular weight is 449 g/mol. The Bertz CT molecular complexity index is 1120. The van der Waals surface area contributed by atoms with Gasteiger partial charge in [0.25, 0.3) is 0 Å². The molecule has 0 aromatic heterocycles. The SMILES string of the molecule is CCCCCCCCCc1cc(C2C=Cc3ccccc32)c(O)c(C2C=Cc3ccccc32)c1. The molecule has 0 fully saturated rings. The van der Waals surface area contributed by atoms with E-state index in [1.54, 1.807) is 0 Å². The second-order valence-corrected chi connectivity index (χ2v) is 9.93. The number of allylic oxidation sites excluding steroid dienone is 2. The molecule has 1 N–H and O–H groups in total. The highest BCUT2D eigenvalue weighted by molar-refractivity contribution is 5.70. The van der Waals surface area contributed by atoms with E-state index >= 15 is 0 Å². The quantitative estimate of drug-likeness (QED) is 0.307. The lowest BCUT2D eigenvalue weighted by Gasteiger charge is -2.21. The average Bonchev–Trinajstić information content (AvgIpc) is 3.49. The van der Waals surface area contributed by atoms with Crippen LogP contribution in [0.2, 0.25) is 0 Å². The third-order valence-electron chi connectivity index (χ3n) is 7.57. The summed E-state index contributed by atoms with van der Waals surface area (Å²) < 4.78 is 0. The number of phenols is 1. The first-order chi connectivity index (χ1) is 16.8. The van der Waals surface area contributed by atoms with E-state index in [4.69, 9.17) is 0 Å². The van der Waals surface area contributed by atoms with E-state index in [9.17, 15) is 5.11 Å². The Morgan fingerprint density at radius 3 is 1.68 bits per heavy atom. The van der Waals surface area contributed by atoms with Crippen LogP contribution in [0.4, 0.5) is 0 Å². The van der Waals surface area contributed by atoms with Gasteiger partial charge in [0.05, 0.1) is 0 Å². The highest BCUT2D eigenvalue weighted by Gasteiger charge is 2.27. The first-order valence-electron chi connectivity index (χ1n) is 13.2. The maximum Gasteiger partial charge on any atom is 0.123 e. The fraction of sp³-hybridized carbons (Fsp3) is 0.333. The normalized spacial score (nSPS) is 17.8. The van der Waals surface area contributed by atoms with Crippen molar-refractivity contribution in [3.63, 3.8) is 0 Å². The fourth-order valence-electron chi connectivity index (χ4n) is 5.69. The molecule has 0 saturated heterocycles. The van der Waals surface area contributed by atoms with E-state index in [1.807, 2.05) is 0 Å². The van der Waals surface area contributed by atoms with Gasteiger partial charge in [-0.1, -0.05) is 130 Å². The molecule has 2 atom stereocenters. The van der Waals surface area contributed by atoms with Crippen molar-refractivity contribution in [3.8, 4) is 5.75 Å².